The van der Waals surface area contributed by atoms with Crippen LogP contribution in [0.2, 0.25) is 0 Å². The van der Waals surface area contributed by atoms with Gasteiger partial charge in [-0.15, -0.1) is 0 Å². The predicted octanol–water partition coefficient (Wildman–Crippen LogP) is 3.86. The number of hydrogen-bond acceptors (Lipinski definition) is 3. The van der Waals surface area contributed by atoms with Crippen molar-refractivity contribution in [1.29, 1.82) is 0 Å². The van der Waals surface area contributed by atoms with Crippen LogP contribution in [0.3, 0.4) is 0 Å². The molecule has 0 aliphatic rings. The van der Waals surface area contributed by atoms with Crippen LogP contribution in [0, 0.1) is 6.92 Å². The van der Waals surface area contributed by atoms with E-state index < -0.39 is 6.10 Å². The maximum Gasteiger partial charge on any atom is 0.142 e. The van der Waals surface area contributed by atoms with Crippen molar-refractivity contribution in [1.82, 2.24) is 0 Å². The molecule has 0 heterocycles. The van der Waals surface area contributed by atoms with E-state index in [0.717, 1.165) is 11.1 Å². The highest BCUT2D eigenvalue weighted by Gasteiger charge is 2.20. The molecule has 2 aromatic carbocycles. The fraction of sp³-hybridized carbons (Fsp3) is 0.250. The predicted molar refractivity (Wildman–Crippen MR) is 82.5 cm³/mol. The summed E-state index contributed by atoms with van der Waals surface area (Å²) in [7, 11) is 3.17. The minimum absolute atomic E-state index is 0.583. The Morgan fingerprint density at radius 1 is 1.00 bits per heavy atom. The Bertz CT molecular complexity index is 611. The zero-order valence-electron chi connectivity index (χ0n) is 11.7. The van der Waals surface area contributed by atoms with Crippen LogP contribution in [-0.4, -0.2) is 19.3 Å². The molecule has 0 aliphatic heterocycles. The molecular formula is C16H17BrO3. The molecule has 0 saturated carbocycles. The van der Waals surface area contributed by atoms with E-state index >= 15 is 0 Å². The number of aryl methyl sites for hydroxylation is 1. The van der Waals surface area contributed by atoms with Crippen LogP contribution in [-0.2, 0) is 0 Å². The van der Waals surface area contributed by atoms with Crippen molar-refractivity contribution in [2.45, 2.75) is 13.0 Å². The van der Waals surface area contributed by atoms with E-state index in [1.54, 1.807) is 14.2 Å². The molecule has 0 aliphatic carbocycles. The topological polar surface area (TPSA) is 38.7 Å². The van der Waals surface area contributed by atoms with E-state index in [-0.39, 0.29) is 0 Å². The fourth-order valence-corrected chi connectivity index (χ4v) is 2.88. The van der Waals surface area contributed by atoms with E-state index in [1.807, 2.05) is 43.3 Å². The van der Waals surface area contributed by atoms with Crippen molar-refractivity contribution in [2.75, 3.05) is 14.2 Å². The van der Waals surface area contributed by atoms with Crippen molar-refractivity contribution in [3.8, 4) is 11.5 Å². The molecule has 0 amide bonds. The highest BCUT2D eigenvalue weighted by molar-refractivity contribution is 9.10. The SMILES string of the molecule is COc1ccc(C(O)c2ccccc2C)c(OC)c1Br. The number of benzene rings is 2. The largest absolute Gasteiger partial charge is 0.495 e. The first-order valence-electron chi connectivity index (χ1n) is 6.24. The monoisotopic (exact) mass is 336 g/mol. The summed E-state index contributed by atoms with van der Waals surface area (Å²) >= 11 is 3.45. The summed E-state index contributed by atoms with van der Waals surface area (Å²) in [6, 6.07) is 11.4. The molecule has 0 aromatic heterocycles. The lowest BCUT2D eigenvalue weighted by atomic mass is 9.97. The van der Waals surface area contributed by atoms with Crippen LogP contribution in [0.4, 0.5) is 0 Å². The van der Waals surface area contributed by atoms with Crippen LogP contribution < -0.4 is 9.47 Å². The van der Waals surface area contributed by atoms with Gasteiger partial charge in [-0.1, -0.05) is 24.3 Å². The second-order valence-electron chi connectivity index (χ2n) is 4.46. The van der Waals surface area contributed by atoms with Gasteiger partial charge >= 0.3 is 0 Å². The lowest BCUT2D eigenvalue weighted by Crippen LogP contribution is -2.05. The molecule has 0 radical (unpaired) electrons. The van der Waals surface area contributed by atoms with Gasteiger partial charge in [-0.3, -0.25) is 0 Å². The van der Waals surface area contributed by atoms with Crippen molar-refractivity contribution >= 4 is 15.9 Å². The Balaban J connectivity index is 2.53. The number of aliphatic hydroxyl groups is 1. The third-order valence-electron chi connectivity index (χ3n) is 3.29. The second kappa shape index (κ2) is 6.29. The first kappa shape index (κ1) is 14.9. The van der Waals surface area contributed by atoms with Gasteiger partial charge in [0, 0.05) is 5.56 Å². The van der Waals surface area contributed by atoms with Crippen LogP contribution in [0.1, 0.15) is 22.8 Å². The summed E-state index contributed by atoms with van der Waals surface area (Å²) in [5.41, 5.74) is 2.60. The Morgan fingerprint density at radius 3 is 2.30 bits per heavy atom. The molecule has 0 spiro atoms. The van der Waals surface area contributed by atoms with Crippen molar-refractivity contribution < 1.29 is 14.6 Å². The third kappa shape index (κ3) is 2.67. The highest BCUT2D eigenvalue weighted by atomic mass is 79.9. The molecule has 1 N–H and O–H groups in total. The van der Waals surface area contributed by atoms with Crippen molar-refractivity contribution in [3.05, 3.63) is 57.6 Å². The van der Waals surface area contributed by atoms with E-state index in [4.69, 9.17) is 9.47 Å². The van der Waals surface area contributed by atoms with Gasteiger partial charge < -0.3 is 14.6 Å². The van der Waals surface area contributed by atoms with Gasteiger partial charge in [0.25, 0.3) is 0 Å². The quantitative estimate of drug-likeness (QED) is 0.921. The summed E-state index contributed by atoms with van der Waals surface area (Å²) < 4.78 is 11.4. The van der Waals surface area contributed by atoms with Crippen LogP contribution >= 0.6 is 15.9 Å². The molecule has 2 aromatic rings. The lowest BCUT2D eigenvalue weighted by Gasteiger charge is -2.19. The average molecular weight is 337 g/mol. The Labute approximate surface area is 127 Å². The average Bonchev–Trinajstić information content (AvgIpc) is 2.46. The molecule has 1 atom stereocenters. The number of rotatable bonds is 4. The number of ether oxygens (including phenoxy) is 2. The Morgan fingerprint density at radius 2 is 1.70 bits per heavy atom. The van der Waals surface area contributed by atoms with E-state index in [1.165, 1.54) is 0 Å². The normalized spacial score (nSPS) is 12.1. The van der Waals surface area contributed by atoms with Gasteiger partial charge in [0.15, 0.2) is 0 Å². The molecule has 0 fully saturated rings. The minimum atomic E-state index is -0.742. The molecule has 20 heavy (non-hydrogen) atoms. The number of halogens is 1. The Hall–Kier alpha value is -1.52. The smallest absolute Gasteiger partial charge is 0.142 e. The molecule has 2 rings (SSSR count). The van der Waals surface area contributed by atoms with Gasteiger partial charge in [0.1, 0.15) is 22.1 Å². The maximum atomic E-state index is 10.6. The summed E-state index contributed by atoms with van der Waals surface area (Å²) in [5, 5.41) is 10.6. The lowest BCUT2D eigenvalue weighted by molar-refractivity contribution is 0.213. The fourth-order valence-electron chi connectivity index (χ4n) is 2.19. The van der Waals surface area contributed by atoms with Crippen LogP contribution in [0.25, 0.3) is 0 Å². The summed E-state index contributed by atoms with van der Waals surface area (Å²) in [6.07, 6.45) is -0.742. The molecule has 4 heteroatoms. The molecule has 1 unspecified atom stereocenters. The van der Waals surface area contributed by atoms with Gasteiger partial charge in [0.05, 0.1) is 14.2 Å². The maximum absolute atomic E-state index is 10.6. The number of hydrogen-bond donors (Lipinski definition) is 1. The second-order valence-corrected chi connectivity index (χ2v) is 5.26. The van der Waals surface area contributed by atoms with Crippen molar-refractivity contribution in [3.63, 3.8) is 0 Å². The molecule has 106 valence electrons. The van der Waals surface area contributed by atoms with E-state index in [2.05, 4.69) is 15.9 Å². The molecular weight excluding hydrogens is 320 g/mol. The van der Waals surface area contributed by atoms with Crippen molar-refractivity contribution in [2.24, 2.45) is 0 Å². The van der Waals surface area contributed by atoms with E-state index in [0.29, 0.717) is 21.5 Å². The first-order chi connectivity index (χ1) is 9.60. The Kier molecular flexibility index (Phi) is 4.68. The van der Waals surface area contributed by atoms with Gasteiger partial charge in [-0.25, -0.2) is 0 Å². The molecule has 0 saturated heterocycles. The summed E-state index contributed by atoms with van der Waals surface area (Å²) in [4.78, 5) is 0. The third-order valence-corrected chi connectivity index (χ3v) is 4.04. The number of aliphatic hydroxyl groups excluding tert-OH is 1. The molecule has 3 nitrogen and oxygen atoms in total. The van der Waals surface area contributed by atoms with Crippen LogP contribution in [0.5, 0.6) is 11.5 Å². The first-order valence-corrected chi connectivity index (χ1v) is 7.03. The van der Waals surface area contributed by atoms with Gasteiger partial charge in [-0.2, -0.15) is 0 Å². The summed E-state index contributed by atoms with van der Waals surface area (Å²) in [6.45, 7) is 1.98. The summed E-state index contributed by atoms with van der Waals surface area (Å²) in [5.74, 6) is 1.25. The standard InChI is InChI=1S/C16H17BrO3/c1-10-6-4-5-7-11(10)15(18)12-8-9-13(19-2)14(17)16(12)20-3/h4-9,15,18H,1-3H3. The minimum Gasteiger partial charge on any atom is -0.495 e. The van der Waals surface area contributed by atoms with E-state index in [9.17, 15) is 5.11 Å². The number of methoxy groups -OCH3 is 2. The zero-order chi connectivity index (χ0) is 14.7. The van der Waals surface area contributed by atoms with Gasteiger partial charge in [0.2, 0.25) is 0 Å². The van der Waals surface area contributed by atoms with Gasteiger partial charge in [-0.05, 0) is 46.1 Å². The highest BCUT2D eigenvalue weighted by Crippen LogP contribution is 2.41. The molecule has 0 bridgehead atoms. The van der Waals surface area contributed by atoms with Crippen LogP contribution in [0.15, 0.2) is 40.9 Å². The zero-order valence-corrected chi connectivity index (χ0v) is 13.3.